The highest BCUT2D eigenvalue weighted by atomic mass is 16.5. The fourth-order valence-electron chi connectivity index (χ4n) is 2.94. The van der Waals surface area contributed by atoms with Crippen LogP contribution in [0.25, 0.3) is 0 Å². The molecule has 18 heavy (non-hydrogen) atoms. The lowest BCUT2D eigenvalue weighted by Gasteiger charge is -2.26. The van der Waals surface area contributed by atoms with Gasteiger partial charge in [0.2, 0.25) is 5.91 Å². The molecule has 106 valence electrons. The van der Waals surface area contributed by atoms with Crippen molar-refractivity contribution in [1.82, 2.24) is 5.32 Å². The largest absolute Gasteiger partial charge is 0.377 e. The van der Waals surface area contributed by atoms with Crippen LogP contribution in [0.5, 0.6) is 0 Å². The van der Waals surface area contributed by atoms with E-state index in [4.69, 9.17) is 4.74 Å². The van der Waals surface area contributed by atoms with Crippen molar-refractivity contribution in [3.05, 3.63) is 0 Å². The molecule has 0 aromatic carbocycles. The Hall–Kier alpha value is -0.570. The van der Waals surface area contributed by atoms with Crippen LogP contribution in [0.15, 0.2) is 0 Å². The summed E-state index contributed by atoms with van der Waals surface area (Å²) in [6.45, 7) is 12.5. The number of nitrogens with one attached hydrogen (secondary N) is 1. The molecule has 1 N–H and O–H groups in total. The molecule has 1 rings (SSSR count). The summed E-state index contributed by atoms with van der Waals surface area (Å²) in [5.74, 6) is 2.01. The number of rotatable bonds is 6. The zero-order chi connectivity index (χ0) is 13.7. The molecule has 0 aliphatic carbocycles. The van der Waals surface area contributed by atoms with Crippen LogP contribution in [0, 0.1) is 23.7 Å². The number of amides is 1. The average Bonchev–Trinajstić information content (AvgIpc) is 2.75. The summed E-state index contributed by atoms with van der Waals surface area (Å²) in [4.78, 5) is 12.2. The lowest BCUT2D eigenvalue weighted by Crippen LogP contribution is -2.39. The van der Waals surface area contributed by atoms with E-state index in [0.29, 0.717) is 17.8 Å². The predicted octanol–water partition coefficient (Wildman–Crippen LogP) is 2.85. The van der Waals surface area contributed by atoms with E-state index >= 15 is 0 Å². The summed E-state index contributed by atoms with van der Waals surface area (Å²) in [5.41, 5.74) is 0. The first-order valence-corrected chi connectivity index (χ1v) is 7.36. The van der Waals surface area contributed by atoms with Gasteiger partial charge in [0.15, 0.2) is 0 Å². The van der Waals surface area contributed by atoms with Gasteiger partial charge in [-0.3, -0.25) is 4.79 Å². The second-order valence-electron chi connectivity index (χ2n) is 6.11. The summed E-state index contributed by atoms with van der Waals surface area (Å²) in [7, 11) is 0. The van der Waals surface area contributed by atoms with Gasteiger partial charge in [0, 0.05) is 13.2 Å². The molecule has 0 aromatic rings. The molecule has 1 fully saturated rings. The third-order valence-corrected chi connectivity index (χ3v) is 4.17. The van der Waals surface area contributed by atoms with Crippen LogP contribution in [0.3, 0.4) is 0 Å². The second kappa shape index (κ2) is 7.13. The van der Waals surface area contributed by atoms with E-state index < -0.39 is 0 Å². The second-order valence-corrected chi connectivity index (χ2v) is 6.11. The summed E-state index contributed by atoms with van der Waals surface area (Å²) >= 11 is 0. The van der Waals surface area contributed by atoms with Crippen molar-refractivity contribution >= 4 is 5.91 Å². The highest BCUT2D eigenvalue weighted by molar-refractivity contribution is 5.79. The van der Waals surface area contributed by atoms with Crippen molar-refractivity contribution in [3.63, 3.8) is 0 Å². The Morgan fingerprint density at radius 3 is 2.39 bits per heavy atom. The Morgan fingerprint density at radius 2 is 1.89 bits per heavy atom. The fourth-order valence-corrected chi connectivity index (χ4v) is 2.94. The minimum atomic E-state index is 0.0648. The van der Waals surface area contributed by atoms with E-state index in [-0.39, 0.29) is 17.9 Å². The molecule has 3 nitrogen and oxygen atoms in total. The molecule has 0 aromatic heterocycles. The standard InChI is InChI=1S/C15H29NO2/c1-6-14-12(7-8-18-14)15(17)16-9-13(10(2)3)11(4)5/h10-14H,6-9H2,1-5H3,(H,16,17). The minimum Gasteiger partial charge on any atom is -0.377 e. The van der Waals surface area contributed by atoms with Crippen molar-refractivity contribution in [1.29, 1.82) is 0 Å². The molecule has 3 heteroatoms. The smallest absolute Gasteiger partial charge is 0.225 e. The lowest BCUT2D eigenvalue weighted by molar-refractivity contribution is -0.127. The van der Waals surface area contributed by atoms with Gasteiger partial charge >= 0.3 is 0 Å². The summed E-state index contributed by atoms with van der Waals surface area (Å²) in [5, 5.41) is 3.13. The van der Waals surface area contributed by atoms with Crippen LogP contribution in [-0.2, 0) is 9.53 Å². The van der Waals surface area contributed by atoms with Gasteiger partial charge < -0.3 is 10.1 Å². The monoisotopic (exact) mass is 255 g/mol. The zero-order valence-corrected chi connectivity index (χ0v) is 12.5. The van der Waals surface area contributed by atoms with Crippen molar-refractivity contribution < 1.29 is 9.53 Å². The zero-order valence-electron chi connectivity index (χ0n) is 12.5. The quantitative estimate of drug-likeness (QED) is 0.792. The van der Waals surface area contributed by atoms with E-state index in [1.54, 1.807) is 0 Å². The van der Waals surface area contributed by atoms with Crippen LogP contribution in [-0.4, -0.2) is 25.2 Å². The molecule has 1 aliphatic rings. The van der Waals surface area contributed by atoms with Gasteiger partial charge in [-0.1, -0.05) is 34.6 Å². The topological polar surface area (TPSA) is 38.3 Å². The first-order valence-electron chi connectivity index (χ1n) is 7.36. The van der Waals surface area contributed by atoms with Gasteiger partial charge in [-0.25, -0.2) is 0 Å². The van der Waals surface area contributed by atoms with Crippen LogP contribution in [0.2, 0.25) is 0 Å². The van der Waals surface area contributed by atoms with Gasteiger partial charge in [-0.2, -0.15) is 0 Å². The van der Waals surface area contributed by atoms with Gasteiger partial charge in [0.05, 0.1) is 12.0 Å². The molecule has 0 bridgehead atoms. The SMILES string of the molecule is CCC1OCCC1C(=O)NCC(C(C)C)C(C)C. The third kappa shape index (κ3) is 3.98. The normalized spacial score (nSPS) is 24.2. The van der Waals surface area contributed by atoms with Crippen molar-refractivity contribution in [2.24, 2.45) is 23.7 Å². The Balaban J connectivity index is 2.44. The van der Waals surface area contributed by atoms with E-state index in [1.165, 1.54) is 0 Å². The van der Waals surface area contributed by atoms with E-state index in [1.807, 2.05) is 0 Å². The average molecular weight is 255 g/mol. The minimum absolute atomic E-state index is 0.0648. The molecule has 2 atom stereocenters. The van der Waals surface area contributed by atoms with Crippen molar-refractivity contribution in [3.8, 4) is 0 Å². The highest BCUT2D eigenvalue weighted by Crippen LogP contribution is 2.24. The fraction of sp³-hybridized carbons (Fsp3) is 0.933. The number of ether oxygens (including phenoxy) is 1. The van der Waals surface area contributed by atoms with Crippen LogP contribution in [0.1, 0.15) is 47.5 Å². The summed E-state index contributed by atoms with van der Waals surface area (Å²) < 4.78 is 5.58. The van der Waals surface area contributed by atoms with Gasteiger partial charge in [0.1, 0.15) is 0 Å². The van der Waals surface area contributed by atoms with Crippen LogP contribution < -0.4 is 5.32 Å². The number of hydrogen-bond donors (Lipinski definition) is 1. The molecule has 1 saturated heterocycles. The van der Waals surface area contributed by atoms with E-state index in [9.17, 15) is 4.79 Å². The van der Waals surface area contributed by atoms with Gasteiger partial charge in [-0.15, -0.1) is 0 Å². The maximum Gasteiger partial charge on any atom is 0.225 e. The summed E-state index contributed by atoms with van der Waals surface area (Å²) in [6.07, 6.45) is 1.93. The van der Waals surface area contributed by atoms with E-state index in [2.05, 4.69) is 39.9 Å². The Kier molecular flexibility index (Phi) is 6.13. The molecule has 0 radical (unpaired) electrons. The van der Waals surface area contributed by atoms with Crippen LogP contribution >= 0.6 is 0 Å². The Morgan fingerprint density at radius 1 is 1.28 bits per heavy atom. The summed E-state index contributed by atoms with van der Waals surface area (Å²) in [6, 6.07) is 0. The van der Waals surface area contributed by atoms with Crippen LogP contribution in [0.4, 0.5) is 0 Å². The van der Waals surface area contributed by atoms with Gasteiger partial charge in [-0.05, 0) is 30.6 Å². The maximum absolute atomic E-state index is 12.2. The molecule has 2 unspecified atom stereocenters. The number of hydrogen-bond acceptors (Lipinski definition) is 2. The highest BCUT2D eigenvalue weighted by Gasteiger charge is 2.33. The van der Waals surface area contributed by atoms with Crippen molar-refractivity contribution in [2.75, 3.05) is 13.2 Å². The van der Waals surface area contributed by atoms with Crippen molar-refractivity contribution in [2.45, 2.75) is 53.6 Å². The Labute approximate surface area is 112 Å². The molecule has 0 spiro atoms. The van der Waals surface area contributed by atoms with E-state index in [0.717, 1.165) is 26.0 Å². The first kappa shape index (κ1) is 15.5. The molecule has 1 heterocycles. The first-order chi connectivity index (χ1) is 8.47. The Bertz CT molecular complexity index is 255. The molecule has 0 saturated carbocycles. The number of carbonyl (C=O) groups is 1. The predicted molar refractivity (Wildman–Crippen MR) is 74.3 cm³/mol. The van der Waals surface area contributed by atoms with Gasteiger partial charge in [0.25, 0.3) is 0 Å². The lowest BCUT2D eigenvalue weighted by atomic mass is 9.85. The number of carbonyl (C=O) groups excluding carboxylic acids is 1. The molecular weight excluding hydrogens is 226 g/mol. The molecule has 1 amide bonds. The molecule has 1 aliphatic heterocycles. The maximum atomic E-state index is 12.2. The molecular formula is C15H29NO2. The third-order valence-electron chi connectivity index (χ3n) is 4.17.